The van der Waals surface area contributed by atoms with Crippen molar-refractivity contribution in [3.63, 3.8) is 0 Å². The fourth-order valence-corrected chi connectivity index (χ4v) is 5.38. The number of hydrogen-bond acceptors (Lipinski definition) is 5. The molecule has 0 radical (unpaired) electrons. The van der Waals surface area contributed by atoms with E-state index < -0.39 is 0 Å². The minimum absolute atomic E-state index is 0.239. The molecular formula is C27H33N3O2. The molecule has 3 aromatic rings. The van der Waals surface area contributed by atoms with Gasteiger partial charge in [-0.15, -0.1) is 0 Å². The molecule has 0 amide bonds. The van der Waals surface area contributed by atoms with E-state index in [2.05, 4.69) is 57.2 Å². The first kappa shape index (κ1) is 21.4. The SMILES string of the molecule is COc1ccc(CN2C[C@@H](Cc3ccnc4ccccc34)[C@@H](O)C2)cc1CN1CCCC1. The summed E-state index contributed by atoms with van der Waals surface area (Å²) in [6, 6.07) is 17.0. The monoisotopic (exact) mass is 431 g/mol. The fourth-order valence-electron chi connectivity index (χ4n) is 5.38. The molecule has 0 bridgehead atoms. The number of nitrogens with zero attached hydrogens (tertiary/aromatic N) is 3. The van der Waals surface area contributed by atoms with Crippen molar-refractivity contribution in [3.05, 3.63) is 71.4 Å². The third-order valence-electron chi connectivity index (χ3n) is 7.05. The molecule has 2 aliphatic rings. The van der Waals surface area contributed by atoms with Gasteiger partial charge in [-0.25, -0.2) is 0 Å². The molecule has 2 fully saturated rings. The molecule has 2 atom stereocenters. The molecule has 2 aliphatic heterocycles. The molecule has 2 aromatic carbocycles. The minimum Gasteiger partial charge on any atom is -0.496 e. The summed E-state index contributed by atoms with van der Waals surface area (Å²) in [6.45, 7) is 5.81. The van der Waals surface area contributed by atoms with Gasteiger partial charge in [-0.2, -0.15) is 0 Å². The second-order valence-electron chi connectivity index (χ2n) is 9.34. The van der Waals surface area contributed by atoms with Gasteiger partial charge in [-0.05, 0) is 67.7 Å². The number of aliphatic hydroxyl groups is 1. The zero-order chi connectivity index (χ0) is 21.9. The van der Waals surface area contributed by atoms with Gasteiger partial charge in [0.25, 0.3) is 0 Å². The van der Waals surface area contributed by atoms with Gasteiger partial charge >= 0.3 is 0 Å². The number of aromatic nitrogens is 1. The smallest absolute Gasteiger partial charge is 0.123 e. The fraction of sp³-hybridized carbons (Fsp3) is 0.444. The van der Waals surface area contributed by atoms with Gasteiger partial charge in [0.2, 0.25) is 0 Å². The molecule has 1 aromatic heterocycles. The summed E-state index contributed by atoms with van der Waals surface area (Å²) >= 11 is 0. The van der Waals surface area contributed by atoms with Crippen LogP contribution in [0.25, 0.3) is 10.9 Å². The number of β-amino-alcohol motifs (C(OH)–C–C–N with tert-alkyl or cyclic N) is 1. The Kier molecular flexibility index (Phi) is 6.39. The van der Waals surface area contributed by atoms with Crippen LogP contribution in [-0.2, 0) is 19.5 Å². The lowest BCUT2D eigenvalue weighted by molar-refractivity contribution is 0.141. The van der Waals surface area contributed by atoms with Crippen LogP contribution in [0.2, 0.25) is 0 Å². The molecule has 0 spiro atoms. The summed E-state index contributed by atoms with van der Waals surface area (Å²) in [5, 5.41) is 12.0. The zero-order valence-corrected chi connectivity index (χ0v) is 18.9. The summed E-state index contributed by atoms with van der Waals surface area (Å²) in [5.74, 6) is 1.22. The predicted octanol–water partition coefficient (Wildman–Crippen LogP) is 3.87. The molecular weight excluding hydrogens is 398 g/mol. The second kappa shape index (κ2) is 9.57. The number of rotatable bonds is 7. The number of ether oxygens (including phenoxy) is 1. The van der Waals surface area contributed by atoms with Crippen LogP contribution in [0.1, 0.15) is 29.5 Å². The molecule has 1 N–H and O–H groups in total. The Hall–Kier alpha value is -2.47. The maximum atomic E-state index is 10.8. The number of fused-ring (bicyclic) bond motifs is 1. The minimum atomic E-state index is -0.302. The summed E-state index contributed by atoms with van der Waals surface area (Å²) in [6.07, 6.45) is 5.05. The normalized spacial score (nSPS) is 22.1. The summed E-state index contributed by atoms with van der Waals surface area (Å²) in [5.41, 5.74) is 4.87. The van der Waals surface area contributed by atoms with Crippen LogP contribution < -0.4 is 4.74 Å². The third-order valence-corrected chi connectivity index (χ3v) is 7.05. The van der Waals surface area contributed by atoms with E-state index in [9.17, 15) is 5.11 Å². The maximum Gasteiger partial charge on any atom is 0.123 e. The van der Waals surface area contributed by atoms with E-state index >= 15 is 0 Å². The molecule has 168 valence electrons. The average molecular weight is 432 g/mol. The van der Waals surface area contributed by atoms with E-state index in [0.29, 0.717) is 0 Å². The highest BCUT2D eigenvalue weighted by atomic mass is 16.5. The first-order valence-corrected chi connectivity index (χ1v) is 11.8. The number of aliphatic hydroxyl groups excluding tert-OH is 1. The van der Waals surface area contributed by atoms with E-state index in [1.165, 1.54) is 48.0 Å². The van der Waals surface area contributed by atoms with Crippen LogP contribution in [0.5, 0.6) is 5.75 Å². The Labute approximate surface area is 190 Å². The standard InChI is InChI=1S/C27H33N3O2/c1-32-27-9-8-20(14-23(27)18-29-12-4-5-13-29)16-30-17-22(26(31)19-30)15-21-10-11-28-25-7-3-2-6-24(21)25/h2-3,6-11,14,22,26,31H,4-5,12-13,15-19H2,1H3/t22-,26+/m1/s1. The number of benzene rings is 2. The highest BCUT2D eigenvalue weighted by Crippen LogP contribution is 2.28. The Morgan fingerprint density at radius 1 is 0.969 bits per heavy atom. The lowest BCUT2D eigenvalue weighted by atomic mass is 9.94. The van der Waals surface area contributed by atoms with Crippen molar-refractivity contribution in [2.75, 3.05) is 33.3 Å². The highest BCUT2D eigenvalue weighted by molar-refractivity contribution is 5.81. The van der Waals surface area contributed by atoms with Crippen molar-refractivity contribution >= 4 is 10.9 Å². The van der Waals surface area contributed by atoms with E-state index in [0.717, 1.165) is 43.9 Å². The molecule has 0 unspecified atom stereocenters. The van der Waals surface area contributed by atoms with E-state index in [-0.39, 0.29) is 12.0 Å². The van der Waals surface area contributed by atoms with Crippen LogP contribution in [-0.4, -0.2) is 59.3 Å². The Bertz CT molecular complexity index is 1060. The molecule has 32 heavy (non-hydrogen) atoms. The van der Waals surface area contributed by atoms with E-state index in [1.807, 2.05) is 12.3 Å². The summed E-state index contributed by atoms with van der Waals surface area (Å²) in [7, 11) is 1.76. The van der Waals surface area contributed by atoms with E-state index in [4.69, 9.17) is 4.74 Å². The van der Waals surface area contributed by atoms with Crippen LogP contribution in [0.15, 0.2) is 54.7 Å². The van der Waals surface area contributed by atoms with Gasteiger partial charge in [0.1, 0.15) is 5.75 Å². The number of likely N-dealkylation sites (tertiary alicyclic amines) is 2. The van der Waals surface area contributed by atoms with Gasteiger partial charge in [0, 0.05) is 49.2 Å². The molecule has 0 saturated carbocycles. The van der Waals surface area contributed by atoms with Crippen molar-refractivity contribution in [1.29, 1.82) is 0 Å². The summed E-state index contributed by atoms with van der Waals surface area (Å²) in [4.78, 5) is 9.38. The largest absolute Gasteiger partial charge is 0.496 e. The highest BCUT2D eigenvalue weighted by Gasteiger charge is 2.31. The molecule has 5 rings (SSSR count). The predicted molar refractivity (Wildman–Crippen MR) is 128 cm³/mol. The molecule has 5 heteroatoms. The van der Waals surface area contributed by atoms with Crippen LogP contribution >= 0.6 is 0 Å². The first-order valence-electron chi connectivity index (χ1n) is 11.8. The Morgan fingerprint density at radius 2 is 1.81 bits per heavy atom. The van der Waals surface area contributed by atoms with Crippen molar-refractivity contribution in [3.8, 4) is 5.75 Å². The van der Waals surface area contributed by atoms with E-state index in [1.54, 1.807) is 7.11 Å². The van der Waals surface area contributed by atoms with Crippen LogP contribution in [0, 0.1) is 5.92 Å². The van der Waals surface area contributed by atoms with Gasteiger partial charge in [-0.3, -0.25) is 14.8 Å². The average Bonchev–Trinajstić information content (AvgIpc) is 3.44. The quantitative estimate of drug-likeness (QED) is 0.615. The zero-order valence-electron chi connectivity index (χ0n) is 18.9. The van der Waals surface area contributed by atoms with Gasteiger partial charge in [-0.1, -0.05) is 24.3 Å². The lowest BCUT2D eigenvalue weighted by Gasteiger charge is -2.20. The number of para-hydroxylation sites is 1. The number of pyridine rings is 1. The van der Waals surface area contributed by atoms with Crippen molar-refractivity contribution < 1.29 is 9.84 Å². The molecule has 5 nitrogen and oxygen atoms in total. The first-order chi connectivity index (χ1) is 15.7. The van der Waals surface area contributed by atoms with Crippen LogP contribution in [0.3, 0.4) is 0 Å². The van der Waals surface area contributed by atoms with Crippen molar-refractivity contribution in [2.24, 2.45) is 5.92 Å². The van der Waals surface area contributed by atoms with Gasteiger partial charge in [0.15, 0.2) is 0 Å². The van der Waals surface area contributed by atoms with Crippen molar-refractivity contribution in [1.82, 2.24) is 14.8 Å². The Balaban J connectivity index is 1.26. The van der Waals surface area contributed by atoms with Crippen molar-refractivity contribution in [2.45, 2.75) is 38.5 Å². The lowest BCUT2D eigenvalue weighted by Crippen LogP contribution is -2.22. The number of methoxy groups -OCH3 is 1. The second-order valence-corrected chi connectivity index (χ2v) is 9.34. The molecule has 2 saturated heterocycles. The van der Waals surface area contributed by atoms with Gasteiger partial charge in [0.05, 0.1) is 18.7 Å². The maximum absolute atomic E-state index is 10.8. The Morgan fingerprint density at radius 3 is 2.66 bits per heavy atom. The summed E-state index contributed by atoms with van der Waals surface area (Å²) < 4.78 is 5.63. The topological polar surface area (TPSA) is 48.8 Å². The van der Waals surface area contributed by atoms with Crippen LogP contribution in [0.4, 0.5) is 0 Å². The number of hydrogen-bond donors (Lipinski definition) is 1. The molecule has 3 heterocycles. The third kappa shape index (κ3) is 4.65. The van der Waals surface area contributed by atoms with Gasteiger partial charge < -0.3 is 9.84 Å². The molecule has 0 aliphatic carbocycles.